The van der Waals surface area contributed by atoms with Crippen LogP contribution in [0.3, 0.4) is 0 Å². The van der Waals surface area contributed by atoms with Crippen molar-refractivity contribution in [1.82, 2.24) is 5.32 Å². The molecule has 4 nitrogen and oxygen atoms in total. The summed E-state index contributed by atoms with van der Waals surface area (Å²) in [5.41, 5.74) is 0.797. The van der Waals surface area contributed by atoms with Gasteiger partial charge in [0.05, 0.1) is 24.3 Å². The molecule has 1 N–H and O–H groups in total. The Labute approximate surface area is 118 Å². The first-order valence-corrected chi connectivity index (χ1v) is 6.74. The molecule has 1 atom stereocenters. The SMILES string of the molecule is CC(C)NC(C#N)c1cc(Cl)c2c(c1)OCCCO2. The Kier molecular flexibility index (Phi) is 4.52. The molecule has 0 saturated heterocycles. The largest absolute Gasteiger partial charge is 0.489 e. The Bertz CT molecular complexity index is 497. The normalized spacial score (nSPS) is 15.7. The molecule has 19 heavy (non-hydrogen) atoms. The first-order valence-electron chi connectivity index (χ1n) is 6.36. The maximum absolute atomic E-state index is 9.25. The van der Waals surface area contributed by atoms with Crippen molar-refractivity contribution in [2.45, 2.75) is 32.4 Å². The molecule has 0 aromatic heterocycles. The summed E-state index contributed by atoms with van der Waals surface area (Å²) in [4.78, 5) is 0. The van der Waals surface area contributed by atoms with Crippen LogP contribution in [0.4, 0.5) is 0 Å². The van der Waals surface area contributed by atoms with E-state index in [0.29, 0.717) is 29.7 Å². The highest BCUT2D eigenvalue weighted by Gasteiger charge is 2.19. The molecular formula is C14H17ClN2O2. The first kappa shape index (κ1) is 14.0. The first-order chi connectivity index (χ1) is 9.11. The van der Waals surface area contributed by atoms with Crippen LogP contribution in [-0.2, 0) is 0 Å². The number of nitrogens with one attached hydrogen (secondary N) is 1. The van der Waals surface area contributed by atoms with E-state index in [-0.39, 0.29) is 6.04 Å². The van der Waals surface area contributed by atoms with E-state index in [9.17, 15) is 5.26 Å². The lowest BCUT2D eigenvalue weighted by Crippen LogP contribution is -2.27. The topological polar surface area (TPSA) is 54.3 Å². The molecular weight excluding hydrogens is 264 g/mol. The van der Waals surface area contributed by atoms with Crippen molar-refractivity contribution in [2.75, 3.05) is 13.2 Å². The van der Waals surface area contributed by atoms with Gasteiger partial charge < -0.3 is 9.47 Å². The predicted molar refractivity (Wildman–Crippen MR) is 73.7 cm³/mol. The zero-order chi connectivity index (χ0) is 13.8. The highest BCUT2D eigenvalue weighted by Crippen LogP contribution is 2.39. The lowest BCUT2D eigenvalue weighted by atomic mass is 10.1. The average molecular weight is 281 g/mol. The zero-order valence-corrected chi connectivity index (χ0v) is 11.8. The van der Waals surface area contributed by atoms with Gasteiger partial charge in [0, 0.05) is 12.5 Å². The third-order valence-electron chi connectivity index (χ3n) is 2.79. The van der Waals surface area contributed by atoms with E-state index in [1.807, 2.05) is 19.9 Å². The summed E-state index contributed by atoms with van der Waals surface area (Å²) >= 11 is 6.22. The molecule has 1 aliphatic rings. The van der Waals surface area contributed by atoms with Crippen molar-refractivity contribution in [3.05, 3.63) is 22.7 Å². The van der Waals surface area contributed by atoms with Gasteiger partial charge in [-0.3, -0.25) is 5.32 Å². The summed E-state index contributed by atoms with van der Waals surface area (Å²) < 4.78 is 11.2. The fraction of sp³-hybridized carbons (Fsp3) is 0.500. The Morgan fingerprint density at radius 1 is 1.32 bits per heavy atom. The van der Waals surface area contributed by atoms with E-state index in [0.717, 1.165) is 12.0 Å². The third-order valence-corrected chi connectivity index (χ3v) is 3.07. The van der Waals surface area contributed by atoms with E-state index in [1.165, 1.54) is 0 Å². The van der Waals surface area contributed by atoms with Gasteiger partial charge in [-0.1, -0.05) is 11.6 Å². The van der Waals surface area contributed by atoms with Crippen LogP contribution in [0.25, 0.3) is 0 Å². The number of halogens is 1. The van der Waals surface area contributed by atoms with Crippen LogP contribution in [-0.4, -0.2) is 19.3 Å². The molecule has 1 unspecified atom stereocenters. The van der Waals surface area contributed by atoms with E-state index in [4.69, 9.17) is 21.1 Å². The quantitative estimate of drug-likeness (QED) is 0.924. The van der Waals surface area contributed by atoms with Crippen LogP contribution in [0.1, 0.15) is 31.9 Å². The summed E-state index contributed by atoms with van der Waals surface area (Å²) in [6, 6.07) is 5.62. The van der Waals surface area contributed by atoms with E-state index in [2.05, 4.69) is 11.4 Å². The summed E-state index contributed by atoms with van der Waals surface area (Å²) in [5, 5.41) is 12.9. The Morgan fingerprint density at radius 2 is 2.05 bits per heavy atom. The minimum atomic E-state index is -0.408. The van der Waals surface area contributed by atoms with E-state index in [1.54, 1.807) is 6.07 Å². The van der Waals surface area contributed by atoms with E-state index >= 15 is 0 Å². The summed E-state index contributed by atoms with van der Waals surface area (Å²) in [6.07, 6.45) is 0.826. The minimum Gasteiger partial charge on any atom is -0.489 e. The number of hydrogen-bond donors (Lipinski definition) is 1. The fourth-order valence-electron chi connectivity index (χ4n) is 1.96. The van der Waals surface area contributed by atoms with Crippen LogP contribution in [0.15, 0.2) is 12.1 Å². The van der Waals surface area contributed by atoms with Crippen LogP contribution in [0.2, 0.25) is 5.02 Å². The number of benzene rings is 1. The third kappa shape index (κ3) is 3.31. The van der Waals surface area contributed by atoms with Gasteiger partial charge in [-0.05, 0) is 31.5 Å². The van der Waals surface area contributed by atoms with Gasteiger partial charge in [0.1, 0.15) is 6.04 Å². The molecule has 102 valence electrons. The summed E-state index contributed by atoms with van der Waals surface area (Å²) in [6.45, 7) is 5.18. The maximum atomic E-state index is 9.25. The lowest BCUT2D eigenvalue weighted by Gasteiger charge is -2.17. The number of nitrogens with zero attached hydrogens (tertiary/aromatic N) is 1. The lowest BCUT2D eigenvalue weighted by molar-refractivity contribution is 0.297. The molecule has 0 bridgehead atoms. The molecule has 1 aromatic carbocycles. The van der Waals surface area contributed by atoms with Crippen molar-refractivity contribution in [1.29, 1.82) is 5.26 Å². The number of hydrogen-bond acceptors (Lipinski definition) is 4. The molecule has 0 aliphatic carbocycles. The number of nitriles is 1. The van der Waals surface area contributed by atoms with Crippen molar-refractivity contribution >= 4 is 11.6 Å². The second kappa shape index (κ2) is 6.14. The van der Waals surface area contributed by atoms with Gasteiger partial charge in [0.2, 0.25) is 0 Å². The highest BCUT2D eigenvalue weighted by atomic mass is 35.5. The standard InChI is InChI=1S/C14H17ClN2O2/c1-9(2)17-12(8-16)10-6-11(15)14-13(7-10)18-4-3-5-19-14/h6-7,9,12,17H,3-5H2,1-2H3. The van der Waals surface area contributed by atoms with Crippen molar-refractivity contribution in [2.24, 2.45) is 0 Å². The Hall–Kier alpha value is -1.44. The molecule has 0 saturated carbocycles. The molecule has 0 radical (unpaired) electrons. The molecule has 2 rings (SSSR count). The Morgan fingerprint density at radius 3 is 2.74 bits per heavy atom. The summed E-state index contributed by atoms with van der Waals surface area (Å²) in [5.74, 6) is 1.19. The van der Waals surface area contributed by atoms with Crippen molar-refractivity contribution in [3.8, 4) is 17.6 Å². The van der Waals surface area contributed by atoms with Crippen LogP contribution >= 0.6 is 11.6 Å². The molecule has 1 aliphatic heterocycles. The van der Waals surface area contributed by atoms with E-state index < -0.39 is 6.04 Å². The zero-order valence-electron chi connectivity index (χ0n) is 11.1. The highest BCUT2D eigenvalue weighted by molar-refractivity contribution is 6.32. The molecule has 0 fully saturated rings. The second-order valence-corrected chi connectivity index (χ2v) is 5.17. The van der Waals surface area contributed by atoms with Gasteiger partial charge in [-0.2, -0.15) is 5.26 Å². The Balaban J connectivity index is 2.35. The summed E-state index contributed by atoms with van der Waals surface area (Å²) in [7, 11) is 0. The minimum absolute atomic E-state index is 0.208. The number of fused-ring (bicyclic) bond motifs is 1. The number of rotatable bonds is 3. The van der Waals surface area contributed by atoms with Gasteiger partial charge in [-0.25, -0.2) is 0 Å². The average Bonchev–Trinajstić information content (AvgIpc) is 2.61. The second-order valence-electron chi connectivity index (χ2n) is 4.76. The monoisotopic (exact) mass is 280 g/mol. The van der Waals surface area contributed by atoms with Crippen molar-refractivity contribution < 1.29 is 9.47 Å². The maximum Gasteiger partial charge on any atom is 0.179 e. The molecule has 0 spiro atoms. The molecule has 1 aromatic rings. The molecule has 1 heterocycles. The van der Waals surface area contributed by atoms with Gasteiger partial charge in [0.25, 0.3) is 0 Å². The van der Waals surface area contributed by atoms with Gasteiger partial charge >= 0.3 is 0 Å². The van der Waals surface area contributed by atoms with Crippen LogP contribution in [0, 0.1) is 11.3 Å². The van der Waals surface area contributed by atoms with Crippen LogP contribution < -0.4 is 14.8 Å². The smallest absolute Gasteiger partial charge is 0.179 e. The van der Waals surface area contributed by atoms with Crippen LogP contribution in [0.5, 0.6) is 11.5 Å². The number of ether oxygens (including phenoxy) is 2. The van der Waals surface area contributed by atoms with Gasteiger partial charge in [-0.15, -0.1) is 0 Å². The predicted octanol–water partition coefficient (Wildman–Crippen LogP) is 3.06. The van der Waals surface area contributed by atoms with Crippen molar-refractivity contribution in [3.63, 3.8) is 0 Å². The molecule has 5 heteroatoms. The van der Waals surface area contributed by atoms with Gasteiger partial charge in [0.15, 0.2) is 11.5 Å². The fourth-order valence-corrected chi connectivity index (χ4v) is 2.23. The molecule has 0 amide bonds.